The Bertz CT molecular complexity index is 3210. The van der Waals surface area contributed by atoms with E-state index in [1.165, 1.54) is 50.2 Å². The summed E-state index contributed by atoms with van der Waals surface area (Å²) in [6.07, 6.45) is 2.86. The van der Waals surface area contributed by atoms with E-state index in [2.05, 4.69) is 39.3 Å². The van der Waals surface area contributed by atoms with Crippen LogP contribution >= 0.6 is 9.90 Å². The van der Waals surface area contributed by atoms with Gasteiger partial charge in [-0.15, -0.1) is 30.0 Å². The number of hydrogen-bond acceptors (Lipinski definition) is 16. The molecule has 75 heavy (non-hydrogen) atoms. The van der Waals surface area contributed by atoms with E-state index in [1.807, 2.05) is 142 Å². The molecule has 0 spiro atoms. The van der Waals surface area contributed by atoms with Crippen molar-refractivity contribution in [3.63, 3.8) is 0 Å². The van der Waals surface area contributed by atoms with E-state index in [4.69, 9.17) is 0 Å². The van der Waals surface area contributed by atoms with Crippen molar-refractivity contribution in [2.75, 3.05) is 59.4 Å². The minimum Gasteiger partial charge on any atom is -0.506 e. The predicted molar refractivity (Wildman–Crippen MR) is 285 cm³/mol. The summed E-state index contributed by atoms with van der Waals surface area (Å²) in [4.78, 5) is 53.6. The van der Waals surface area contributed by atoms with Gasteiger partial charge in [0.15, 0.2) is 0 Å². The van der Waals surface area contributed by atoms with E-state index in [0.29, 0.717) is 23.5 Å². The summed E-state index contributed by atoms with van der Waals surface area (Å²) >= 11 is 0. The van der Waals surface area contributed by atoms with Crippen molar-refractivity contribution >= 4 is 79.4 Å². The zero-order valence-corrected chi connectivity index (χ0v) is 49.9. The molecule has 2 aromatic heterocycles. The van der Waals surface area contributed by atoms with Crippen LogP contribution in [0.5, 0.6) is 11.5 Å². The van der Waals surface area contributed by atoms with Crippen molar-refractivity contribution in [3.05, 3.63) is 166 Å². The largest absolute Gasteiger partial charge is 0.506 e. The van der Waals surface area contributed by atoms with Crippen LogP contribution in [-0.4, -0.2) is 114 Å². The van der Waals surface area contributed by atoms with Crippen LogP contribution in [0.3, 0.4) is 0 Å². The van der Waals surface area contributed by atoms with Gasteiger partial charge >= 0.3 is 23.9 Å². The first-order valence-electron chi connectivity index (χ1n) is 22.2. The summed E-state index contributed by atoms with van der Waals surface area (Å²) in [5, 5.41) is 38.5. The zero-order valence-electron chi connectivity index (χ0n) is 42.9. The summed E-state index contributed by atoms with van der Waals surface area (Å²) in [6, 6.07) is 38.9. The second-order valence-electron chi connectivity index (χ2n) is 16.3. The Labute approximate surface area is 473 Å². The van der Waals surface area contributed by atoms with E-state index >= 15 is 0 Å². The number of nitrogens with zero attached hydrogens (tertiary/aromatic N) is 8. The van der Waals surface area contributed by atoms with Gasteiger partial charge < -0.3 is 39.0 Å². The van der Waals surface area contributed by atoms with Crippen molar-refractivity contribution in [2.45, 2.75) is 20.4 Å². The summed E-state index contributed by atoms with van der Waals surface area (Å²) < 4.78 is 18.4. The van der Waals surface area contributed by atoms with Crippen molar-refractivity contribution in [1.82, 2.24) is 30.0 Å². The number of methoxy groups -OCH3 is 4. The molecule has 0 fully saturated rings. The Morgan fingerprint density at radius 1 is 0.533 bits per heavy atom. The molecule has 1 unspecified atom stereocenters. The number of aryl methyl sites for hydroxylation is 2. The van der Waals surface area contributed by atoms with Crippen LogP contribution in [0.15, 0.2) is 139 Å². The van der Waals surface area contributed by atoms with Gasteiger partial charge in [0.25, 0.3) is 0 Å². The molecule has 2 N–H and O–H groups in total. The van der Waals surface area contributed by atoms with E-state index in [0.717, 1.165) is 55.7 Å². The predicted octanol–water partition coefficient (Wildman–Crippen LogP) is 7.77. The average Bonchev–Trinajstić information content (AvgIpc) is 4.04. The van der Waals surface area contributed by atoms with Gasteiger partial charge in [0.1, 0.15) is 56.1 Å². The maximum Gasteiger partial charge on any atom is 0.345 e. The molecular weight excluding hydrogens is 1240 g/mol. The van der Waals surface area contributed by atoms with Crippen molar-refractivity contribution in [2.24, 2.45) is 0 Å². The van der Waals surface area contributed by atoms with Crippen molar-refractivity contribution < 1.29 is 98.0 Å². The van der Waals surface area contributed by atoms with Gasteiger partial charge in [0.05, 0.1) is 28.4 Å². The van der Waals surface area contributed by atoms with Crippen LogP contribution in [0.25, 0.3) is 45.6 Å². The number of carbonyl (C=O) groups is 4. The molecule has 8 aromatic rings. The van der Waals surface area contributed by atoms with Gasteiger partial charge in [-0.05, 0) is 115 Å². The molecule has 18 nitrogen and oxygen atoms in total. The second-order valence-corrected chi connectivity index (χ2v) is 16.3. The third-order valence-corrected chi connectivity index (χ3v) is 10.8. The Hall–Kier alpha value is -7.25. The molecule has 0 bridgehead atoms. The SMILES string of the molecule is COC(=O)C(=Cc1ccc(N(C)C)cc1)C(=O)OC.COC(=O)C(=Cc1ccc(N(C)Cc2cc(C)cc(-n3nc4ccccc4n3)c2O)cc1)C(=O)OC.Cc1ccc(O)c(-n2nc3ccccc3n2)c1.P.[U].[V]. The Balaban J connectivity index is 0.000000321. The molecule has 387 valence electrons. The first kappa shape index (κ1) is 62.0. The average molecular weight is 1300 g/mol. The van der Waals surface area contributed by atoms with Crippen molar-refractivity contribution in [3.8, 4) is 22.9 Å². The molecule has 0 amide bonds. The van der Waals surface area contributed by atoms with E-state index in [1.54, 1.807) is 30.3 Å². The third-order valence-electron chi connectivity index (χ3n) is 10.8. The molecule has 0 aliphatic heterocycles. The smallest absolute Gasteiger partial charge is 0.345 e. The maximum absolute atomic E-state index is 11.9. The van der Waals surface area contributed by atoms with Gasteiger partial charge in [-0.2, -0.15) is 9.90 Å². The number of hydrogen-bond donors (Lipinski definition) is 2. The van der Waals surface area contributed by atoms with Gasteiger partial charge in [-0.25, -0.2) is 19.2 Å². The number of carbonyl (C=O) groups excluding carboxylic acids is 4. The normalized spacial score (nSPS) is 9.99. The van der Waals surface area contributed by atoms with Crippen LogP contribution in [0.4, 0.5) is 11.4 Å². The third kappa shape index (κ3) is 16.1. The van der Waals surface area contributed by atoms with Crippen LogP contribution in [0, 0.1) is 45.0 Å². The van der Waals surface area contributed by atoms with Gasteiger partial charge in [-0.1, -0.05) is 60.7 Å². The van der Waals surface area contributed by atoms with Crippen LogP contribution in [-0.2, 0) is 63.2 Å². The fourth-order valence-corrected chi connectivity index (χ4v) is 7.05. The number of esters is 4. The number of benzene rings is 6. The summed E-state index contributed by atoms with van der Waals surface area (Å²) in [5.74, 6) is -2.70. The first-order valence-corrected chi connectivity index (χ1v) is 22.2. The number of fused-ring (bicyclic) bond motifs is 2. The Kier molecular flexibility index (Phi) is 24.0. The minimum atomic E-state index is -0.770. The van der Waals surface area contributed by atoms with Crippen molar-refractivity contribution in [1.29, 1.82) is 0 Å². The van der Waals surface area contributed by atoms with Crippen LogP contribution in [0.1, 0.15) is 27.8 Å². The van der Waals surface area contributed by atoms with Gasteiger partial charge in [0.2, 0.25) is 0 Å². The Morgan fingerprint density at radius 2 is 0.907 bits per heavy atom. The molecule has 0 aliphatic rings. The maximum atomic E-state index is 11.9. The number of ether oxygens (including phenoxy) is 4. The molecule has 0 saturated heterocycles. The molecule has 6 aromatic carbocycles. The molecule has 0 saturated carbocycles. The van der Waals surface area contributed by atoms with Gasteiger partial charge in [-0.3, -0.25) is 0 Å². The summed E-state index contributed by atoms with van der Waals surface area (Å²) in [6.45, 7) is 4.34. The van der Waals surface area contributed by atoms with Crippen LogP contribution < -0.4 is 9.80 Å². The Morgan fingerprint density at radius 3 is 1.29 bits per heavy atom. The monoisotopic (exact) mass is 1300 g/mol. The molecule has 0 aliphatic carbocycles. The van der Waals surface area contributed by atoms with E-state index < -0.39 is 23.9 Å². The number of rotatable bonds is 12. The topological polar surface area (TPSA) is 214 Å². The zero-order chi connectivity index (χ0) is 52.1. The summed E-state index contributed by atoms with van der Waals surface area (Å²) in [7, 11) is 10.6. The second kappa shape index (κ2) is 29.0. The molecule has 1 atom stereocenters. The number of phenols is 2. The number of anilines is 2. The number of aromatic hydroxyl groups is 2. The van der Waals surface area contributed by atoms with Crippen LogP contribution in [0.2, 0.25) is 0 Å². The first-order chi connectivity index (χ1) is 34.5. The standard InChI is InChI=1S/C27H26N4O5.C14H17NO4.C13H11N3O.H3P.U.V/c1-17-13-19(25(32)24(14-17)31-28-22-7-5-6-8-23(22)29-31)16-30(2)20-11-9-18(10-12-20)15-21(26(33)35-3)27(34)36-4;1-15(2)11-7-5-10(6-8-11)9-12(13(16)18-3)14(17)19-4;1-9-6-7-13(17)12(8-9)16-14-10-4-2-3-5-11(10)15-16;;;/h5-15,32H,16H2,1-4H3;5-9H,1-4H3;2-8,17H,1H3;1H3;;. The fourth-order valence-electron chi connectivity index (χ4n) is 7.05. The minimum absolute atomic E-state index is 0. The molecule has 21 heteroatoms. The molecule has 2 heterocycles. The molecule has 8 rings (SSSR count). The number of phenolic OH excluding ortho intramolecular Hbond substituents is 2. The quantitative estimate of drug-likeness (QED) is 0.0299. The fraction of sp³-hybridized carbons (Fsp3) is 0.185. The van der Waals surface area contributed by atoms with Gasteiger partial charge in [0, 0.05) is 94.3 Å². The summed E-state index contributed by atoms with van der Waals surface area (Å²) in [5.41, 5.74) is 9.87. The van der Waals surface area contributed by atoms with E-state index in [9.17, 15) is 29.4 Å². The number of aromatic nitrogens is 6. The molecule has 1 radical (unpaired) electrons. The van der Waals surface area contributed by atoms with E-state index in [-0.39, 0.29) is 82.2 Å². The molecular formula is C54H57N8O10PUV.